The maximum atomic E-state index is 12.5. The molecule has 5 heteroatoms. The van der Waals surface area contributed by atoms with Gasteiger partial charge in [0, 0.05) is 25.8 Å². The van der Waals surface area contributed by atoms with Crippen LogP contribution >= 0.6 is 0 Å². The number of hydrogen-bond donors (Lipinski definition) is 1. The Morgan fingerprint density at radius 3 is 2.76 bits per heavy atom. The summed E-state index contributed by atoms with van der Waals surface area (Å²) < 4.78 is 0. The highest BCUT2D eigenvalue weighted by Crippen LogP contribution is 2.30. The number of anilines is 1. The van der Waals surface area contributed by atoms with E-state index in [0.29, 0.717) is 25.2 Å². The van der Waals surface area contributed by atoms with E-state index in [-0.39, 0.29) is 11.6 Å². The van der Waals surface area contributed by atoms with Crippen LogP contribution in [0.5, 0.6) is 0 Å². The van der Waals surface area contributed by atoms with E-state index in [1.807, 2.05) is 13.0 Å². The first-order valence-corrected chi connectivity index (χ1v) is 6.94. The van der Waals surface area contributed by atoms with Gasteiger partial charge in [0.25, 0.3) is 0 Å². The number of fused-ring (bicyclic) bond motifs is 1. The molecule has 0 bridgehead atoms. The Balaban J connectivity index is 2.34. The van der Waals surface area contributed by atoms with Gasteiger partial charge in [-0.15, -0.1) is 0 Å². The second kappa shape index (κ2) is 5.99. The number of amides is 2. The fraction of sp³-hybridized carbons (Fsp3) is 0.375. The lowest BCUT2D eigenvalue weighted by atomic mass is 9.96. The van der Waals surface area contributed by atoms with Gasteiger partial charge in [0.2, 0.25) is 0 Å². The normalized spacial score (nSPS) is 13.5. The van der Waals surface area contributed by atoms with Crippen molar-refractivity contribution in [1.29, 1.82) is 0 Å². The molecule has 0 spiro atoms. The summed E-state index contributed by atoms with van der Waals surface area (Å²) in [6.45, 7) is 6.78. The molecule has 0 saturated carbocycles. The van der Waals surface area contributed by atoms with Gasteiger partial charge < -0.3 is 10.0 Å². The van der Waals surface area contributed by atoms with Crippen molar-refractivity contribution in [3.05, 3.63) is 41.5 Å². The molecule has 0 radical (unpaired) electrons. The number of hydrogen-bond acceptors (Lipinski definition) is 2. The Morgan fingerprint density at radius 1 is 1.43 bits per heavy atom. The number of carbonyl (C=O) groups is 2. The second-order valence-electron chi connectivity index (χ2n) is 5.46. The quantitative estimate of drug-likeness (QED) is 0.870. The number of aromatic carboxylic acids is 1. The van der Waals surface area contributed by atoms with E-state index >= 15 is 0 Å². The molecule has 1 aliphatic rings. The summed E-state index contributed by atoms with van der Waals surface area (Å²) in [5.74, 6) is -0.948. The third-order valence-electron chi connectivity index (χ3n) is 3.55. The van der Waals surface area contributed by atoms with Crippen LogP contribution in [-0.4, -0.2) is 42.1 Å². The molecular weight excluding hydrogens is 268 g/mol. The maximum absolute atomic E-state index is 12.5. The minimum atomic E-state index is -0.948. The van der Waals surface area contributed by atoms with Crippen molar-refractivity contribution < 1.29 is 14.7 Å². The molecule has 1 aromatic rings. The molecule has 112 valence electrons. The zero-order chi connectivity index (χ0) is 15.6. The number of likely N-dealkylation sites (N-methyl/N-ethyl adjacent to an activating group) is 1. The van der Waals surface area contributed by atoms with Gasteiger partial charge in [-0.3, -0.25) is 4.90 Å². The molecule has 1 N–H and O–H groups in total. The van der Waals surface area contributed by atoms with Gasteiger partial charge >= 0.3 is 12.0 Å². The Hall–Kier alpha value is -2.30. The number of nitrogens with zero attached hydrogens (tertiary/aromatic N) is 2. The zero-order valence-electron chi connectivity index (χ0n) is 12.4. The molecule has 0 atom stereocenters. The van der Waals surface area contributed by atoms with E-state index < -0.39 is 5.97 Å². The van der Waals surface area contributed by atoms with Crippen LogP contribution in [0.4, 0.5) is 10.5 Å². The van der Waals surface area contributed by atoms with Crippen LogP contribution in [0.15, 0.2) is 30.4 Å². The highest BCUT2D eigenvalue weighted by Gasteiger charge is 2.27. The fourth-order valence-electron chi connectivity index (χ4n) is 2.70. The smallest absolute Gasteiger partial charge is 0.336 e. The molecule has 0 fully saturated rings. The van der Waals surface area contributed by atoms with Gasteiger partial charge in [0.15, 0.2) is 0 Å². The van der Waals surface area contributed by atoms with Gasteiger partial charge in [0.1, 0.15) is 0 Å². The zero-order valence-corrected chi connectivity index (χ0v) is 12.4. The molecule has 5 nitrogen and oxygen atoms in total. The number of carboxylic acids is 1. The van der Waals surface area contributed by atoms with Crippen molar-refractivity contribution in [2.24, 2.45) is 0 Å². The Bertz CT molecular complexity index is 595. The summed E-state index contributed by atoms with van der Waals surface area (Å²) in [7, 11) is 1.73. The van der Waals surface area contributed by atoms with Gasteiger partial charge in [-0.1, -0.05) is 18.2 Å². The SMILES string of the molecule is C=C(C)CN(C)C(=O)N1CCCc2c(C(=O)O)cccc21. The summed E-state index contributed by atoms with van der Waals surface area (Å²) in [6.07, 6.45) is 1.45. The molecule has 0 unspecified atom stereocenters. The molecule has 2 rings (SSSR count). The highest BCUT2D eigenvalue weighted by atomic mass is 16.4. The number of urea groups is 1. The van der Waals surface area contributed by atoms with E-state index in [9.17, 15) is 14.7 Å². The van der Waals surface area contributed by atoms with Crippen LogP contribution in [-0.2, 0) is 6.42 Å². The van der Waals surface area contributed by atoms with Gasteiger partial charge in [-0.2, -0.15) is 0 Å². The second-order valence-corrected chi connectivity index (χ2v) is 5.46. The van der Waals surface area contributed by atoms with E-state index in [1.165, 1.54) is 0 Å². The summed E-state index contributed by atoms with van der Waals surface area (Å²) in [6, 6.07) is 4.97. The van der Waals surface area contributed by atoms with E-state index in [0.717, 1.165) is 17.6 Å². The topological polar surface area (TPSA) is 60.9 Å². The standard InChI is InChI=1S/C16H20N2O3/c1-11(2)10-17(3)16(21)18-9-5-7-12-13(15(19)20)6-4-8-14(12)18/h4,6,8H,1,5,7,9-10H2,2-3H3,(H,19,20). The average molecular weight is 288 g/mol. The summed E-state index contributed by atoms with van der Waals surface area (Å²) in [4.78, 5) is 27.1. The lowest BCUT2D eigenvalue weighted by Gasteiger charge is -2.33. The summed E-state index contributed by atoms with van der Waals surface area (Å²) in [5.41, 5.74) is 2.64. The summed E-state index contributed by atoms with van der Waals surface area (Å²) in [5, 5.41) is 9.27. The number of rotatable bonds is 3. The Labute approximate surface area is 124 Å². The van der Waals surface area contributed by atoms with Crippen LogP contribution in [0.25, 0.3) is 0 Å². The first-order valence-electron chi connectivity index (χ1n) is 6.94. The number of benzene rings is 1. The minimum absolute atomic E-state index is 0.124. The van der Waals surface area contributed by atoms with Gasteiger partial charge in [0.05, 0.1) is 5.56 Å². The summed E-state index contributed by atoms with van der Waals surface area (Å²) >= 11 is 0. The first kappa shape index (κ1) is 15.1. The molecule has 1 heterocycles. The molecule has 21 heavy (non-hydrogen) atoms. The van der Waals surface area contributed by atoms with Crippen LogP contribution in [0, 0.1) is 0 Å². The Kier molecular flexibility index (Phi) is 4.31. The maximum Gasteiger partial charge on any atom is 0.336 e. The number of carbonyl (C=O) groups excluding carboxylic acids is 1. The van der Waals surface area contributed by atoms with Crippen molar-refractivity contribution in [2.45, 2.75) is 19.8 Å². The first-order chi connectivity index (χ1) is 9.91. The van der Waals surface area contributed by atoms with Crippen LogP contribution in [0.2, 0.25) is 0 Å². The average Bonchev–Trinajstić information content (AvgIpc) is 2.44. The van der Waals surface area contributed by atoms with Crippen molar-refractivity contribution in [1.82, 2.24) is 4.90 Å². The lowest BCUT2D eigenvalue weighted by molar-refractivity contribution is 0.0695. The van der Waals surface area contributed by atoms with E-state index in [2.05, 4.69) is 6.58 Å². The van der Waals surface area contributed by atoms with E-state index in [1.54, 1.807) is 29.0 Å². The molecule has 1 aliphatic heterocycles. The lowest BCUT2D eigenvalue weighted by Crippen LogP contribution is -2.44. The largest absolute Gasteiger partial charge is 0.478 e. The minimum Gasteiger partial charge on any atom is -0.478 e. The third-order valence-corrected chi connectivity index (χ3v) is 3.55. The molecule has 1 aromatic carbocycles. The van der Waals surface area contributed by atoms with Crippen molar-refractivity contribution in [3.8, 4) is 0 Å². The number of carboxylic acid groups (broad SMARTS) is 1. The van der Waals surface area contributed by atoms with Crippen LogP contribution < -0.4 is 4.90 Å². The fourth-order valence-corrected chi connectivity index (χ4v) is 2.70. The van der Waals surface area contributed by atoms with Crippen molar-refractivity contribution in [3.63, 3.8) is 0 Å². The van der Waals surface area contributed by atoms with Crippen molar-refractivity contribution >= 4 is 17.7 Å². The Morgan fingerprint density at radius 2 is 2.14 bits per heavy atom. The van der Waals surface area contributed by atoms with Crippen LogP contribution in [0.1, 0.15) is 29.3 Å². The third kappa shape index (κ3) is 3.07. The molecule has 0 saturated heterocycles. The molecule has 2 amide bonds. The predicted molar refractivity (Wildman–Crippen MR) is 81.9 cm³/mol. The highest BCUT2D eigenvalue weighted by molar-refractivity contribution is 5.97. The van der Waals surface area contributed by atoms with Gasteiger partial charge in [-0.05, 0) is 37.5 Å². The molecular formula is C16H20N2O3. The van der Waals surface area contributed by atoms with Crippen LogP contribution in [0.3, 0.4) is 0 Å². The van der Waals surface area contributed by atoms with Crippen molar-refractivity contribution in [2.75, 3.05) is 25.0 Å². The molecule has 0 aromatic heterocycles. The van der Waals surface area contributed by atoms with Gasteiger partial charge in [-0.25, -0.2) is 9.59 Å². The monoisotopic (exact) mass is 288 g/mol. The molecule has 0 aliphatic carbocycles. The predicted octanol–water partition coefficient (Wildman–Crippen LogP) is 2.77. The van der Waals surface area contributed by atoms with E-state index in [4.69, 9.17) is 0 Å².